The van der Waals surface area contributed by atoms with Gasteiger partial charge in [0.2, 0.25) is 0 Å². The Labute approximate surface area is 187 Å². The monoisotopic (exact) mass is 429 g/mol. The van der Waals surface area contributed by atoms with Gasteiger partial charge in [0.25, 0.3) is 5.91 Å². The molecule has 0 unspecified atom stereocenters. The van der Waals surface area contributed by atoms with Gasteiger partial charge in [-0.1, -0.05) is 18.2 Å². The Bertz CT molecular complexity index is 1270. The van der Waals surface area contributed by atoms with Crippen molar-refractivity contribution in [1.82, 2.24) is 34.3 Å². The van der Waals surface area contributed by atoms with Gasteiger partial charge in [-0.15, -0.1) is 0 Å². The molecule has 0 saturated carbocycles. The predicted octanol–water partition coefficient (Wildman–Crippen LogP) is 2.73. The maximum absolute atomic E-state index is 13.4. The number of fused-ring (bicyclic) bond motifs is 1. The molecule has 0 aliphatic carbocycles. The number of benzene rings is 1. The molecular formula is C24H27N7O. The van der Waals surface area contributed by atoms with E-state index in [0.29, 0.717) is 18.7 Å². The summed E-state index contributed by atoms with van der Waals surface area (Å²) in [5.41, 5.74) is 5.37. The highest BCUT2D eigenvalue weighted by molar-refractivity contribution is 6.06. The molecule has 32 heavy (non-hydrogen) atoms. The summed E-state index contributed by atoms with van der Waals surface area (Å²) < 4.78 is 3.66. The molecule has 0 N–H and O–H groups in total. The van der Waals surface area contributed by atoms with Crippen LogP contribution in [0.5, 0.6) is 0 Å². The van der Waals surface area contributed by atoms with Gasteiger partial charge in [-0.05, 0) is 32.0 Å². The van der Waals surface area contributed by atoms with E-state index >= 15 is 0 Å². The van der Waals surface area contributed by atoms with Crippen LogP contribution in [0.4, 0.5) is 0 Å². The molecule has 0 bridgehead atoms. The van der Waals surface area contributed by atoms with E-state index < -0.39 is 0 Å². The number of aromatic nitrogens is 5. The van der Waals surface area contributed by atoms with E-state index in [9.17, 15) is 4.79 Å². The zero-order valence-electron chi connectivity index (χ0n) is 18.7. The number of rotatable bonds is 4. The number of pyridine rings is 1. The summed E-state index contributed by atoms with van der Waals surface area (Å²) in [4.78, 5) is 22.3. The Morgan fingerprint density at radius 1 is 1.06 bits per heavy atom. The molecule has 0 spiro atoms. The van der Waals surface area contributed by atoms with Crippen LogP contribution in [0.25, 0.3) is 16.7 Å². The maximum atomic E-state index is 13.4. The van der Waals surface area contributed by atoms with Crippen LogP contribution in [0.2, 0.25) is 0 Å². The predicted molar refractivity (Wildman–Crippen MR) is 123 cm³/mol. The number of nitrogens with zero attached hydrogens (tertiary/aromatic N) is 7. The molecule has 0 radical (unpaired) electrons. The fraction of sp³-hybridized carbons (Fsp3) is 0.333. The number of carbonyl (C=O) groups excluding carboxylic acids is 1. The Kier molecular flexibility index (Phi) is 5.22. The molecule has 4 aromatic rings. The van der Waals surface area contributed by atoms with Crippen molar-refractivity contribution in [2.75, 3.05) is 26.2 Å². The van der Waals surface area contributed by atoms with Crippen LogP contribution in [0.15, 0.2) is 48.8 Å². The zero-order valence-corrected chi connectivity index (χ0v) is 18.7. The highest BCUT2D eigenvalue weighted by Crippen LogP contribution is 2.23. The molecule has 1 amide bonds. The van der Waals surface area contributed by atoms with Crippen molar-refractivity contribution in [3.8, 4) is 5.69 Å². The van der Waals surface area contributed by atoms with Crippen LogP contribution in [0, 0.1) is 13.8 Å². The second kappa shape index (κ2) is 8.20. The first-order valence-electron chi connectivity index (χ1n) is 10.9. The lowest BCUT2D eigenvalue weighted by Crippen LogP contribution is -2.48. The lowest BCUT2D eigenvalue weighted by atomic mass is 10.1. The van der Waals surface area contributed by atoms with Gasteiger partial charge in [0, 0.05) is 57.2 Å². The number of hydrogen-bond donors (Lipinski definition) is 0. The fourth-order valence-electron chi connectivity index (χ4n) is 4.44. The lowest BCUT2D eigenvalue weighted by Gasteiger charge is -2.34. The molecule has 8 nitrogen and oxygen atoms in total. The minimum atomic E-state index is 0.0631. The van der Waals surface area contributed by atoms with E-state index in [1.165, 1.54) is 5.56 Å². The van der Waals surface area contributed by atoms with Gasteiger partial charge in [-0.25, -0.2) is 9.67 Å². The van der Waals surface area contributed by atoms with Crippen molar-refractivity contribution in [1.29, 1.82) is 0 Å². The first-order valence-corrected chi connectivity index (χ1v) is 10.9. The molecule has 4 heterocycles. The summed E-state index contributed by atoms with van der Waals surface area (Å²) in [5.74, 6) is 0.0631. The minimum absolute atomic E-state index is 0.0631. The van der Waals surface area contributed by atoms with Gasteiger partial charge in [-0.3, -0.25) is 14.4 Å². The van der Waals surface area contributed by atoms with Crippen LogP contribution in [-0.2, 0) is 13.6 Å². The largest absolute Gasteiger partial charge is 0.336 e. The van der Waals surface area contributed by atoms with E-state index in [-0.39, 0.29) is 5.91 Å². The number of aryl methyl sites for hydroxylation is 3. The Balaban J connectivity index is 1.26. The quantitative estimate of drug-likeness (QED) is 0.499. The van der Waals surface area contributed by atoms with Crippen molar-refractivity contribution in [3.63, 3.8) is 0 Å². The number of amides is 1. The summed E-state index contributed by atoms with van der Waals surface area (Å²) in [6, 6.07) is 12.0. The third kappa shape index (κ3) is 3.78. The van der Waals surface area contributed by atoms with Gasteiger partial charge < -0.3 is 4.90 Å². The highest BCUT2D eigenvalue weighted by Gasteiger charge is 2.26. The summed E-state index contributed by atoms with van der Waals surface area (Å²) in [5, 5.41) is 9.82. The molecular weight excluding hydrogens is 402 g/mol. The van der Waals surface area contributed by atoms with Crippen molar-refractivity contribution >= 4 is 16.9 Å². The molecule has 0 atom stereocenters. The normalized spacial score (nSPS) is 14.9. The first kappa shape index (κ1) is 20.4. The van der Waals surface area contributed by atoms with Gasteiger partial charge in [-0.2, -0.15) is 10.2 Å². The van der Waals surface area contributed by atoms with Crippen LogP contribution < -0.4 is 0 Å². The average molecular weight is 430 g/mol. The Hall–Kier alpha value is -3.52. The average Bonchev–Trinajstić information content (AvgIpc) is 3.38. The summed E-state index contributed by atoms with van der Waals surface area (Å²) in [7, 11) is 1.87. The number of carbonyl (C=O) groups is 1. The fourth-order valence-corrected chi connectivity index (χ4v) is 4.44. The van der Waals surface area contributed by atoms with Crippen LogP contribution in [0.1, 0.15) is 27.3 Å². The molecule has 1 saturated heterocycles. The molecule has 1 aliphatic rings. The molecule has 5 rings (SSSR count). The van der Waals surface area contributed by atoms with Crippen molar-refractivity contribution in [2.45, 2.75) is 20.4 Å². The topological polar surface area (TPSA) is 72.1 Å². The van der Waals surface area contributed by atoms with Gasteiger partial charge in [0.15, 0.2) is 5.65 Å². The first-order chi connectivity index (χ1) is 15.5. The van der Waals surface area contributed by atoms with Crippen molar-refractivity contribution in [3.05, 3.63) is 71.3 Å². The third-order valence-electron chi connectivity index (χ3n) is 6.05. The molecule has 3 aromatic heterocycles. The summed E-state index contributed by atoms with van der Waals surface area (Å²) in [6.45, 7) is 7.76. The highest BCUT2D eigenvalue weighted by atomic mass is 16.2. The van der Waals surface area contributed by atoms with E-state index in [2.05, 4.69) is 26.3 Å². The molecule has 1 fully saturated rings. The smallest absolute Gasteiger partial charge is 0.254 e. The zero-order chi connectivity index (χ0) is 22.2. The van der Waals surface area contributed by atoms with Gasteiger partial charge >= 0.3 is 0 Å². The van der Waals surface area contributed by atoms with Crippen molar-refractivity contribution < 1.29 is 4.79 Å². The standard InChI is InChI=1S/C24H27N7O/c1-17-13-21(22-18(2)27-28(3)23(22)26-17)24(32)30-11-9-29(10-12-30)15-19-14-25-31(16-19)20-7-5-4-6-8-20/h4-8,13-14,16H,9-12,15H2,1-3H3. The van der Waals surface area contributed by atoms with Crippen LogP contribution in [0.3, 0.4) is 0 Å². The second-order valence-corrected chi connectivity index (χ2v) is 8.42. The van der Waals surface area contributed by atoms with Crippen molar-refractivity contribution in [2.24, 2.45) is 7.05 Å². The van der Waals surface area contributed by atoms with Crippen LogP contribution >= 0.6 is 0 Å². The SMILES string of the molecule is Cc1cc(C(=O)N2CCN(Cc3cnn(-c4ccccc4)c3)CC2)c2c(C)nn(C)c2n1. The van der Waals surface area contributed by atoms with E-state index in [0.717, 1.165) is 47.7 Å². The summed E-state index contributed by atoms with van der Waals surface area (Å²) >= 11 is 0. The van der Waals surface area contributed by atoms with E-state index in [4.69, 9.17) is 0 Å². The lowest BCUT2D eigenvalue weighted by molar-refractivity contribution is 0.0630. The Morgan fingerprint density at radius 3 is 2.56 bits per heavy atom. The van der Waals surface area contributed by atoms with E-state index in [1.807, 2.05) is 73.1 Å². The number of hydrogen-bond acceptors (Lipinski definition) is 5. The molecule has 164 valence electrons. The minimum Gasteiger partial charge on any atom is -0.336 e. The summed E-state index contributed by atoms with van der Waals surface area (Å²) in [6.07, 6.45) is 4.00. The maximum Gasteiger partial charge on any atom is 0.254 e. The van der Waals surface area contributed by atoms with Gasteiger partial charge in [0.1, 0.15) is 0 Å². The van der Waals surface area contributed by atoms with E-state index in [1.54, 1.807) is 4.68 Å². The number of piperazine rings is 1. The second-order valence-electron chi connectivity index (χ2n) is 8.42. The number of para-hydroxylation sites is 1. The molecule has 1 aliphatic heterocycles. The third-order valence-corrected chi connectivity index (χ3v) is 6.05. The van der Waals surface area contributed by atoms with Gasteiger partial charge in [0.05, 0.1) is 28.5 Å². The molecule has 1 aromatic carbocycles. The molecule has 8 heteroatoms. The van der Waals surface area contributed by atoms with Crippen LogP contribution in [-0.4, -0.2) is 66.4 Å². The Morgan fingerprint density at radius 2 is 1.81 bits per heavy atom.